The number of alkyl halides is 5. The molecule has 0 saturated heterocycles. The molecule has 0 aliphatic heterocycles. The van der Waals surface area contributed by atoms with Crippen LogP contribution in [0.25, 0.3) is 0 Å². The van der Waals surface area contributed by atoms with Gasteiger partial charge in [-0.05, 0) is 78.7 Å². The maximum Gasteiger partial charge on any atom is 0.457 e. The molecule has 0 amide bonds. The van der Waals surface area contributed by atoms with Crippen molar-refractivity contribution in [3.05, 3.63) is 58.2 Å². The molecule has 2 saturated carbocycles. The van der Waals surface area contributed by atoms with Crippen LogP contribution in [-0.2, 0) is 14.3 Å². The molecule has 210 valence electrons. The number of allylic oxidation sites excluding steroid dienone is 4. The Kier molecular flexibility index (Phi) is 6.54. The van der Waals surface area contributed by atoms with Gasteiger partial charge in [0.2, 0.25) is 0 Å². The van der Waals surface area contributed by atoms with E-state index in [0.29, 0.717) is 31.2 Å². The average molecular weight is 552 g/mol. The Morgan fingerprint density at radius 3 is 2.41 bits per heavy atom. The topological polar surface area (TPSA) is 76.0 Å². The molecule has 5 rings (SSSR count). The maximum atomic E-state index is 15.6. The quantitative estimate of drug-likeness (QED) is 0.145. The fourth-order valence-corrected chi connectivity index (χ4v) is 8.05. The van der Waals surface area contributed by atoms with E-state index in [1.54, 1.807) is 30.3 Å². The summed E-state index contributed by atoms with van der Waals surface area (Å²) < 4.78 is 78.4. The Morgan fingerprint density at radius 1 is 1.10 bits per heavy atom. The van der Waals surface area contributed by atoms with Crippen LogP contribution in [-0.4, -0.2) is 40.9 Å². The minimum atomic E-state index is -5.91. The first kappa shape index (κ1) is 27.5. The van der Waals surface area contributed by atoms with Crippen molar-refractivity contribution >= 4 is 18.0 Å². The highest BCUT2D eigenvalue weighted by atomic mass is 19.4. The zero-order valence-electron chi connectivity index (χ0n) is 21.7. The first-order valence-electron chi connectivity index (χ1n) is 13.1. The van der Waals surface area contributed by atoms with Crippen LogP contribution < -0.4 is 0 Å². The van der Waals surface area contributed by atoms with Crippen molar-refractivity contribution in [3.8, 4) is 0 Å². The molecule has 5 nitrogen and oxygen atoms in total. The molecule has 0 bridgehead atoms. The minimum Gasteiger partial charge on any atom is -0.452 e. The van der Waals surface area contributed by atoms with Crippen molar-refractivity contribution < 1.29 is 41.5 Å². The van der Waals surface area contributed by atoms with Crippen LogP contribution >= 0.6 is 0 Å². The summed E-state index contributed by atoms with van der Waals surface area (Å²) in [5, 5.41) is 11.9. The molecule has 1 aromatic rings. The number of rotatable bonds is 4. The van der Waals surface area contributed by atoms with Gasteiger partial charge >= 0.3 is 18.1 Å². The van der Waals surface area contributed by atoms with Gasteiger partial charge in [0.15, 0.2) is 11.4 Å². The van der Waals surface area contributed by atoms with Gasteiger partial charge in [0, 0.05) is 24.7 Å². The van der Waals surface area contributed by atoms with Crippen molar-refractivity contribution in [2.24, 2.45) is 22.4 Å². The van der Waals surface area contributed by atoms with Gasteiger partial charge in [-0.15, -0.1) is 0 Å². The maximum absolute atomic E-state index is 15.6. The number of hydrogen-bond donors (Lipinski definition) is 1. The zero-order valence-corrected chi connectivity index (χ0v) is 21.7. The molecule has 4 aliphatic rings. The number of oxime groups is 1. The lowest BCUT2D eigenvalue weighted by Gasteiger charge is -2.56. The largest absolute Gasteiger partial charge is 0.457 e. The highest BCUT2D eigenvalue weighted by Gasteiger charge is 2.81. The Hall–Kier alpha value is -3.04. The molecule has 0 heterocycles. The molecular weight excluding hydrogens is 521 g/mol. The minimum absolute atomic E-state index is 0.0252. The van der Waals surface area contributed by atoms with Crippen LogP contribution in [0.4, 0.5) is 22.0 Å². The molecular formula is C29H30F5NO4. The van der Waals surface area contributed by atoms with Gasteiger partial charge in [0.1, 0.15) is 0 Å². The van der Waals surface area contributed by atoms with E-state index in [1.807, 2.05) is 0 Å². The number of nitrogens with zero attached hydrogens (tertiary/aromatic N) is 1. The van der Waals surface area contributed by atoms with Gasteiger partial charge in [-0.2, -0.15) is 22.0 Å². The molecule has 0 radical (unpaired) electrons. The Labute approximate surface area is 222 Å². The fourth-order valence-electron chi connectivity index (χ4n) is 8.05. The van der Waals surface area contributed by atoms with Gasteiger partial charge in [-0.1, -0.05) is 41.9 Å². The standard InChI is InChI=1S/C29H30F5NO4/c1-16(36)39-27(28(30,31)29(32,33)34)12-11-24-22-9-7-19-13-20(37)8-10-21(19)25(22)23(14-26(24,27)2)18-5-3-17(4-6-18)15-35-38/h3-6,13,15,22-24,38H,7-12,14H2,1-2H3/b35-15+/t22?,23-,24?,26+,27+/m1/s1. The monoisotopic (exact) mass is 551 g/mol. The van der Waals surface area contributed by atoms with Crippen molar-refractivity contribution in [2.75, 3.05) is 0 Å². The van der Waals surface area contributed by atoms with Crippen LogP contribution in [0.1, 0.15) is 75.8 Å². The number of ketones is 1. The van der Waals surface area contributed by atoms with Crippen LogP contribution in [0.15, 0.2) is 52.2 Å². The molecule has 10 heteroatoms. The first-order valence-corrected chi connectivity index (χ1v) is 13.1. The predicted molar refractivity (Wildman–Crippen MR) is 132 cm³/mol. The van der Waals surface area contributed by atoms with E-state index < -0.39 is 47.3 Å². The molecule has 2 fully saturated rings. The van der Waals surface area contributed by atoms with E-state index in [9.17, 15) is 22.8 Å². The molecule has 0 spiro atoms. The van der Waals surface area contributed by atoms with Crippen LogP contribution in [0.2, 0.25) is 0 Å². The number of esters is 1. The molecule has 1 aromatic carbocycles. The lowest BCUT2D eigenvalue weighted by molar-refractivity contribution is -0.363. The van der Waals surface area contributed by atoms with Crippen LogP contribution in [0.5, 0.6) is 0 Å². The Morgan fingerprint density at radius 2 is 1.79 bits per heavy atom. The van der Waals surface area contributed by atoms with Crippen molar-refractivity contribution in [2.45, 2.75) is 82.4 Å². The Bertz CT molecular complexity index is 1280. The smallest absolute Gasteiger partial charge is 0.452 e. The number of carbonyl (C=O) groups is 2. The number of halogens is 5. The normalized spacial score (nSPS) is 32.9. The fraction of sp³-hybridized carbons (Fsp3) is 0.552. The second kappa shape index (κ2) is 9.27. The number of benzene rings is 1. The highest BCUT2D eigenvalue weighted by Crippen LogP contribution is 2.71. The third-order valence-corrected chi connectivity index (χ3v) is 9.58. The second-order valence-corrected chi connectivity index (χ2v) is 11.4. The van der Waals surface area contributed by atoms with E-state index in [2.05, 4.69) is 5.16 Å². The third kappa shape index (κ3) is 4.04. The number of carbonyl (C=O) groups excluding carboxylic acids is 2. The van der Waals surface area contributed by atoms with Gasteiger partial charge in [-0.3, -0.25) is 9.59 Å². The van der Waals surface area contributed by atoms with E-state index in [-0.39, 0.29) is 24.5 Å². The summed E-state index contributed by atoms with van der Waals surface area (Å²) in [4.78, 5) is 24.3. The molecule has 5 atom stereocenters. The van der Waals surface area contributed by atoms with E-state index in [1.165, 1.54) is 13.1 Å². The van der Waals surface area contributed by atoms with Crippen molar-refractivity contribution in [1.29, 1.82) is 0 Å². The predicted octanol–water partition coefficient (Wildman–Crippen LogP) is 6.89. The number of hydrogen-bond acceptors (Lipinski definition) is 5. The summed E-state index contributed by atoms with van der Waals surface area (Å²) in [6.45, 7) is 2.31. The molecule has 4 aliphatic carbocycles. The van der Waals surface area contributed by atoms with Gasteiger partial charge in [-0.25, -0.2) is 0 Å². The summed E-state index contributed by atoms with van der Waals surface area (Å²) in [7, 11) is 0. The van der Waals surface area contributed by atoms with Gasteiger partial charge in [0.05, 0.1) is 6.21 Å². The summed E-state index contributed by atoms with van der Waals surface area (Å²) in [5.74, 6) is -7.80. The molecule has 1 N–H and O–H groups in total. The second-order valence-electron chi connectivity index (χ2n) is 11.4. The summed E-state index contributed by atoms with van der Waals surface area (Å²) in [6.07, 6.45) is -1.79. The SMILES string of the molecule is CC(=O)O[C@@]1(C(F)(F)C(F)(F)F)CCC2C3CCC4=CC(=O)CCC4=C3[C@@H](c3ccc(/C=N/O)cc3)C[C@@]21C. The van der Waals surface area contributed by atoms with Crippen LogP contribution in [0.3, 0.4) is 0 Å². The number of ether oxygens (including phenoxy) is 1. The average Bonchev–Trinajstić information content (AvgIpc) is 3.15. The third-order valence-electron chi connectivity index (χ3n) is 9.58. The van der Waals surface area contributed by atoms with E-state index in [4.69, 9.17) is 9.94 Å². The lowest BCUT2D eigenvalue weighted by Crippen LogP contribution is -2.67. The van der Waals surface area contributed by atoms with Gasteiger partial charge in [0.25, 0.3) is 0 Å². The van der Waals surface area contributed by atoms with E-state index >= 15 is 8.78 Å². The van der Waals surface area contributed by atoms with E-state index in [0.717, 1.165) is 29.2 Å². The zero-order chi connectivity index (χ0) is 28.4. The van der Waals surface area contributed by atoms with Crippen LogP contribution in [0, 0.1) is 17.3 Å². The van der Waals surface area contributed by atoms with Crippen molar-refractivity contribution in [3.63, 3.8) is 0 Å². The number of fused-ring (bicyclic) bond motifs is 4. The highest BCUT2D eigenvalue weighted by molar-refractivity contribution is 5.93. The lowest BCUT2D eigenvalue weighted by atomic mass is 9.50. The molecule has 2 unspecified atom stereocenters. The first-order chi connectivity index (χ1) is 18.3. The molecule has 39 heavy (non-hydrogen) atoms. The summed E-state index contributed by atoms with van der Waals surface area (Å²) in [6, 6.07) is 6.89. The van der Waals surface area contributed by atoms with Gasteiger partial charge < -0.3 is 9.94 Å². The summed E-state index contributed by atoms with van der Waals surface area (Å²) >= 11 is 0. The summed E-state index contributed by atoms with van der Waals surface area (Å²) in [5.41, 5.74) is -0.512. The van der Waals surface area contributed by atoms with Crippen molar-refractivity contribution in [1.82, 2.24) is 0 Å². The molecule has 0 aromatic heterocycles. The Balaban J connectivity index is 1.72.